The molecule has 6 nitrogen and oxygen atoms in total. The largest absolute Gasteiger partial charge is 0.412 e. The van der Waals surface area contributed by atoms with Crippen LogP contribution in [0.1, 0.15) is 52.4 Å². The van der Waals surface area contributed by atoms with E-state index in [4.69, 9.17) is 0 Å². The summed E-state index contributed by atoms with van der Waals surface area (Å²) < 4.78 is 0. The van der Waals surface area contributed by atoms with Crippen LogP contribution in [0.15, 0.2) is 23.1 Å². The second-order valence-corrected chi connectivity index (χ2v) is 7.05. The molecule has 0 unspecified atom stereocenters. The standard InChI is InChI=1S/C17H24N4O.H2O.W/c1-17(2)9-3-5-13(6-4-10-17)19-16-18-11-12-7-8-14(22)20-15(12)21-16;;/h7-8,11,13H,3-6,9-10H2,1-2H3,(H2,18,19,20,21,22);1H2;/p-1. The topological polar surface area (TPSA) is 100 Å². The number of rotatable bonds is 2. The van der Waals surface area contributed by atoms with Gasteiger partial charge in [-0.25, -0.2) is 4.98 Å². The fraction of sp³-hybridized carbons (Fsp3) is 0.588. The summed E-state index contributed by atoms with van der Waals surface area (Å²) in [5.74, 6) is 0.579. The van der Waals surface area contributed by atoms with Crippen LogP contribution in [0.3, 0.4) is 0 Å². The Kier molecular flexibility index (Phi) is 7.55. The summed E-state index contributed by atoms with van der Waals surface area (Å²) in [7, 11) is 0. The molecule has 0 aliphatic heterocycles. The van der Waals surface area contributed by atoms with Crippen LogP contribution in [0.4, 0.5) is 5.95 Å². The van der Waals surface area contributed by atoms with Gasteiger partial charge in [0.25, 0.3) is 0 Å². The van der Waals surface area contributed by atoms with Gasteiger partial charge in [-0.3, -0.25) is 4.79 Å². The van der Waals surface area contributed by atoms with Gasteiger partial charge >= 0.3 is 0 Å². The Bertz CT molecular complexity index is 705. The normalized spacial score (nSPS) is 17.9. The van der Waals surface area contributed by atoms with Crippen molar-refractivity contribution >= 4 is 17.0 Å². The van der Waals surface area contributed by atoms with Crippen LogP contribution in [0.25, 0.3) is 11.0 Å². The Morgan fingerprint density at radius 2 is 1.88 bits per heavy atom. The third-order valence-corrected chi connectivity index (χ3v) is 4.56. The zero-order valence-corrected chi connectivity index (χ0v) is 17.1. The minimum atomic E-state index is -0.259. The predicted octanol–water partition coefficient (Wildman–Crippen LogP) is 2.28. The SMILES string of the molecule is CC1(C)CCCC(Nc2ncc3ccc(=O)[n-]c3n2)CCC1.O.[W]. The van der Waals surface area contributed by atoms with Crippen molar-refractivity contribution in [3.05, 3.63) is 28.7 Å². The average molecular weight is 501 g/mol. The van der Waals surface area contributed by atoms with E-state index in [2.05, 4.69) is 34.1 Å². The van der Waals surface area contributed by atoms with Gasteiger partial charge in [-0.2, -0.15) is 0 Å². The van der Waals surface area contributed by atoms with Crippen LogP contribution in [0, 0.1) is 5.41 Å². The molecule has 0 spiro atoms. The van der Waals surface area contributed by atoms with E-state index in [0.29, 0.717) is 23.1 Å². The molecule has 2 aromatic rings. The number of hydrogen-bond acceptors (Lipinski definition) is 4. The molecule has 0 radical (unpaired) electrons. The molecule has 7 heteroatoms. The van der Waals surface area contributed by atoms with E-state index in [-0.39, 0.29) is 32.1 Å². The van der Waals surface area contributed by atoms with E-state index in [1.807, 2.05) is 0 Å². The van der Waals surface area contributed by atoms with Gasteiger partial charge < -0.3 is 20.8 Å². The Morgan fingerprint density at radius 3 is 2.54 bits per heavy atom. The summed E-state index contributed by atoms with van der Waals surface area (Å²) in [5, 5.41) is 4.22. The van der Waals surface area contributed by atoms with Gasteiger partial charge in [0.1, 0.15) is 5.95 Å². The smallest absolute Gasteiger partial charge is 0.171 e. The summed E-state index contributed by atoms with van der Waals surface area (Å²) in [6.45, 7) is 4.72. The molecule has 0 atom stereocenters. The summed E-state index contributed by atoms with van der Waals surface area (Å²) in [6, 6.07) is 3.56. The van der Waals surface area contributed by atoms with Crippen molar-refractivity contribution < 1.29 is 26.5 Å². The maximum Gasteiger partial charge on any atom is 0.171 e. The summed E-state index contributed by atoms with van der Waals surface area (Å²) in [5.41, 5.74) is 0.682. The molecule has 1 fully saturated rings. The molecule has 1 saturated carbocycles. The Balaban J connectivity index is 0.00000144. The minimum Gasteiger partial charge on any atom is -0.412 e. The Morgan fingerprint density at radius 1 is 1.21 bits per heavy atom. The van der Waals surface area contributed by atoms with Gasteiger partial charge in [-0.1, -0.05) is 32.8 Å². The molecule has 0 bridgehead atoms. The maximum absolute atomic E-state index is 11.3. The molecule has 1 aliphatic carbocycles. The van der Waals surface area contributed by atoms with Gasteiger partial charge in [-0.15, -0.1) is 0 Å². The molecule has 2 heterocycles. The Labute approximate surface area is 156 Å². The van der Waals surface area contributed by atoms with Crippen molar-refractivity contribution in [1.29, 1.82) is 0 Å². The predicted molar refractivity (Wildman–Crippen MR) is 91.6 cm³/mol. The minimum absolute atomic E-state index is 0. The first-order chi connectivity index (χ1) is 10.5. The van der Waals surface area contributed by atoms with E-state index in [0.717, 1.165) is 18.2 Å². The number of nitrogens with zero attached hydrogens (tertiary/aromatic N) is 3. The second-order valence-electron chi connectivity index (χ2n) is 7.05. The summed E-state index contributed by atoms with van der Waals surface area (Å²) in [6.07, 6.45) is 8.99. The molecule has 3 N–H and O–H groups in total. The molecule has 0 saturated heterocycles. The van der Waals surface area contributed by atoms with Gasteiger partial charge in [0.2, 0.25) is 0 Å². The van der Waals surface area contributed by atoms with Crippen LogP contribution < -0.4 is 15.9 Å². The van der Waals surface area contributed by atoms with Gasteiger partial charge in [-0.05, 0) is 48.2 Å². The third-order valence-electron chi connectivity index (χ3n) is 4.56. The number of anilines is 1. The fourth-order valence-electron chi connectivity index (χ4n) is 3.21. The summed E-state index contributed by atoms with van der Waals surface area (Å²) >= 11 is 0. The van der Waals surface area contributed by atoms with Crippen LogP contribution in [0.5, 0.6) is 0 Å². The Hall–Kier alpha value is -1.26. The molecule has 24 heavy (non-hydrogen) atoms. The number of nitrogens with one attached hydrogen (secondary N) is 1. The summed E-state index contributed by atoms with van der Waals surface area (Å²) in [4.78, 5) is 24.0. The molecule has 0 aromatic carbocycles. The first kappa shape index (κ1) is 20.8. The number of hydrogen-bond donors (Lipinski definition) is 1. The second kappa shape index (κ2) is 8.72. The van der Waals surface area contributed by atoms with Gasteiger partial charge in [0, 0.05) is 33.3 Å². The molecule has 132 valence electrons. The zero-order valence-electron chi connectivity index (χ0n) is 14.2. The van der Waals surface area contributed by atoms with Crippen LogP contribution >= 0.6 is 0 Å². The van der Waals surface area contributed by atoms with Crippen molar-refractivity contribution in [2.45, 2.75) is 58.4 Å². The maximum atomic E-state index is 11.3. The monoisotopic (exact) mass is 501 g/mol. The van der Waals surface area contributed by atoms with Crippen molar-refractivity contribution in [1.82, 2.24) is 15.0 Å². The van der Waals surface area contributed by atoms with Crippen molar-refractivity contribution in [2.24, 2.45) is 5.41 Å². The quantitative estimate of drug-likeness (QED) is 0.681. The van der Waals surface area contributed by atoms with E-state index < -0.39 is 0 Å². The average Bonchev–Trinajstić information content (AvgIpc) is 2.44. The van der Waals surface area contributed by atoms with E-state index in [1.54, 1.807) is 12.3 Å². The number of pyridine rings is 1. The molecule has 1 aliphatic rings. The number of fused-ring (bicyclic) bond motifs is 1. The first-order valence-electron chi connectivity index (χ1n) is 8.09. The zero-order chi connectivity index (χ0) is 15.6. The molecule has 3 rings (SSSR count). The van der Waals surface area contributed by atoms with Crippen LogP contribution in [0.2, 0.25) is 0 Å². The van der Waals surface area contributed by atoms with Gasteiger partial charge in [0.05, 0.1) is 0 Å². The van der Waals surface area contributed by atoms with Crippen molar-refractivity contribution in [3.63, 3.8) is 0 Å². The van der Waals surface area contributed by atoms with E-state index >= 15 is 0 Å². The van der Waals surface area contributed by atoms with Crippen molar-refractivity contribution in [2.75, 3.05) is 5.32 Å². The molecule has 2 aromatic heterocycles. The van der Waals surface area contributed by atoms with Crippen LogP contribution in [-0.4, -0.2) is 21.5 Å². The molecule has 0 amide bonds. The third kappa shape index (κ3) is 5.38. The van der Waals surface area contributed by atoms with Crippen molar-refractivity contribution in [3.8, 4) is 0 Å². The van der Waals surface area contributed by atoms with Crippen LogP contribution in [-0.2, 0) is 21.1 Å². The fourth-order valence-corrected chi connectivity index (χ4v) is 3.21. The number of aromatic nitrogens is 3. The van der Waals surface area contributed by atoms with E-state index in [9.17, 15) is 4.79 Å². The van der Waals surface area contributed by atoms with Gasteiger partial charge in [0.15, 0.2) is 5.56 Å². The molecular formula is C17H25N4O2W-. The molecular weight excluding hydrogens is 476 g/mol. The van der Waals surface area contributed by atoms with E-state index in [1.165, 1.54) is 31.7 Å². The first-order valence-corrected chi connectivity index (χ1v) is 8.09.